The highest BCUT2D eigenvalue weighted by Gasteiger charge is 2.42. The first kappa shape index (κ1) is 24.7. The van der Waals surface area contributed by atoms with E-state index in [1.165, 1.54) is 4.68 Å². The molecule has 5 rings (SSSR count). The van der Waals surface area contributed by atoms with Gasteiger partial charge >= 0.3 is 0 Å². The van der Waals surface area contributed by atoms with Gasteiger partial charge in [-0.2, -0.15) is 5.10 Å². The van der Waals surface area contributed by atoms with E-state index >= 15 is 0 Å². The molecular weight excluding hydrogens is 452 g/mol. The Morgan fingerprint density at radius 2 is 1.75 bits per heavy atom. The van der Waals surface area contributed by atoms with E-state index in [0.717, 1.165) is 55.4 Å². The average Bonchev–Trinajstić information content (AvgIpc) is 3.28. The third kappa shape index (κ3) is 5.37. The standard InChI is InChI=1S/C29H36N4O3/c1-21(2)32-16-14-29(15-17-32)13-12-23(36-29)19-30-27(34)20-33-28(35)25-11-7-6-10-24(25)26(31-33)18-22-8-4-3-5-9-22/h3-11,21,23H,12-20H2,1-2H3,(H,30,34). The molecular formula is C29H36N4O3. The number of carbonyl (C=O) groups excluding carboxylic acids is 1. The van der Waals surface area contributed by atoms with Crippen molar-refractivity contribution in [2.75, 3.05) is 19.6 Å². The third-order valence-corrected chi connectivity index (χ3v) is 7.76. The fourth-order valence-electron chi connectivity index (χ4n) is 5.61. The number of amides is 1. The van der Waals surface area contributed by atoms with Crippen LogP contribution in [0.25, 0.3) is 10.8 Å². The first-order valence-corrected chi connectivity index (χ1v) is 13.1. The molecule has 1 unspecified atom stereocenters. The van der Waals surface area contributed by atoms with Gasteiger partial charge in [-0.15, -0.1) is 0 Å². The summed E-state index contributed by atoms with van der Waals surface area (Å²) in [6.07, 6.45) is 4.72. The summed E-state index contributed by atoms with van der Waals surface area (Å²) in [7, 11) is 0. The molecule has 1 N–H and O–H groups in total. The fourth-order valence-corrected chi connectivity index (χ4v) is 5.61. The molecule has 190 valence electrons. The Kier molecular flexibility index (Phi) is 7.21. The van der Waals surface area contributed by atoms with Crippen LogP contribution in [0, 0.1) is 0 Å². The smallest absolute Gasteiger partial charge is 0.275 e. The van der Waals surface area contributed by atoms with Crippen molar-refractivity contribution in [3.05, 3.63) is 76.2 Å². The van der Waals surface area contributed by atoms with Crippen LogP contribution in [-0.2, 0) is 22.5 Å². The lowest BCUT2D eigenvalue weighted by Crippen LogP contribution is -2.47. The van der Waals surface area contributed by atoms with Crippen LogP contribution in [0.3, 0.4) is 0 Å². The van der Waals surface area contributed by atoms with Crippen molar-refractivity contribution in [1.29, 1.82) is 0 Å². The molecule has 36 heavy (non-hydrogen) atoms. The number of aromatic nitrogens is 2. The minimum atomic E-state index is -0.245. The van der Waals surface area contributed by atoms with Gasteiger partial charge in [-0.3, -0.25) is 9.59 Å². The van der Waals surface area contributed by atoms with E-state index in [9.17, 15) is 9.59 Å². The second-order valence-corrected chi connectivity index (χ2v) is 10.5. The van der Waals surface area contributed by atoms with Crippen molar-refractivity contribution in [2.45, 2.75) is 70.2 Å². The summed E-state index contributed by atoms with van der Waals surface area (Å²) in [5.74, 6) is -0.218. The van der Waals surface area contributed by atoms with E-state index in [0.29, 0.717) is 24.4 Å². The third-order valence-electron chi connectivity index (χ3n) is 7.76. The van der Waals surface area contributed by atoms with Crippen LogP contribution >= 0.6 is 0 Å². The van der Waals surface area contributed by atoms with Gasteiger partial charge in [-0.25, -0.2) is 4.68 Å². The maximum absolute atomic E-state index is 13.1. The van der Waals surface area contributed by atoms with Gasteiger partial charge in [0, 0.05) is 37.5 Å². The van der Waals surface area contributed by atoms with Crippen molar-refractivity contribution < 1.29 is 9.53 Å². The zero-order valence-electron chi connectivity index (χ0n) is 21.3. The van der Waals surface area contributed by atoms with E-state index in [4.69, 9.17) is 4.74 Å². The molecule has 1 aromatic heterocycles. The van der Waals surface area contributed by atoms with E-state index in [-0.39, 0.29) is 29.7 Å². The summed E-state index contributed by atoms with van der Waals surface area (Å²) in [5.41, 5.74) is 1.61. The summed E-state index contributed by atoms with van der Waals surface area (Å²) >= 11 is 0. The second-order valence-electron chi connectivity index (χ2n) is 10.5. The molecule has 0 aliphatic carbocycles. The maximum Gasteiger partial charge on any atom is 0.275 e. The molecule has 2 saturated heterocycles. The molecule has 1 atom stereocenters. The van der Waals surface area contributed by atoms with Crippen LogP contribution in [0.15, 0.2) is 59.4 Å². The molecule has 0 bridgehead atoms. The first-order chi connectivity index (χ1) is 17.4. The minimum absolute atomic E-state index is 0.0227. The lowest BCUT2D eigenvalue weighted by Gasteiger charge is -2.40. The van der Waals surface area contributed by atoms with Crippen LogP contribution in [0.1, 0.15) is 50.8 Å². The first-order valence-electron chi connectivity index (χ1n) is 13.1. The predicted octanol–water partition coefficient (Wildman–Crippen LogP) is 3.53. The Balaban J connectivity index is 1.23. The van der Waals surface area contributed by atoms with Crippen molar-refractivity contribution in [2.24, 2.45) is 0 Å². The van der Waals surface area contributed by atoms with Crippen LogP contribution in [0.4, 0.5) is 0 Å². The lowest BCUT2D eigenvalue weighted by molar-refractivity contribution is -0.123. The van der Waals surface area contributed by atoms with Crippen molar-refractivity contribution in [1.82, 2.24) is 20.0 Å². The number of rotatable bonds is 7. The van der Waals surface area contributed by atoms with E-state index in [1.54, 1.807) is 6.07 Å². The Bertz CT molecular complexity index is 1260. The normalized spacial score (nSPS) is 19.8. The van der Waals surface area contributed by atoms with E-state index < -0.39 is 0 Å². The summed E-state index contributed by atoms with van der Waals surface area (Å²) in [6.45, 7) is 6.98. The zero-order chi connectivity index (χ0) is 25.1. The van der Waals surface area contributed by atoms with E-state index in [1.807, 2.05) is 48.5 Å². The highest BCUT2D eigenvalue weighted by Crippen LogP contribution is 2.39. The van der Waals surface area contributed by atoms with Crippen LogP contribution in [0.5, 0.6) is 0 Å². The fraction of sp³-hybridized carbons (Fsp3) is 0.483. The second kappa shape index (κ2) is 10.5. The number of nitrogens with one attached hydrogen (secondary N) is 1. The topological polar surface area (TPSA) is 76.5 Å². The molecule has 2 aliphatic rings. The molecule has 3 aromatic rings. The number of hydrogen-bond acceptors (Lipinski definition) is 5. The van der Waals surface area contributed by atoms with Crippen LogP contribution in [0.2, 0.25) is 0 Å². The van der Waals surface area contributed by atoms with Gasteiger partial charge in [-0.05, 0) is 51.2 Å². The number of likely N-dealkylation sites (tertiary alicyclic amines) is 1. The minimum Gasteiger partial charge on any atom is -0.370 e. The lowest BCUT2D eigenvalue weighted by atomic mass is 9.88. The molecule has 2 aromatic carbocycles. The van der Waals surface area contributed by atoms with Crippen LogP contribution < -0.4 is 10.9 Å². The number of fused-ring (bicyclic) bond motifs is 1. The van der Waals surface area contributed by atoms with Crippen molar-refractivity contribution in [3.63, 3.8) is 0 Å². The quantitative estimate of drug-likeness (QED) is 0.551. The molecule has 7 heteroatoms. The number of ether oxygens (including phenoxy) is 1. The van der Waals surface area contributed by atoms with Crippen LogP contribution in [-0.4, -0.2) is 58.0 Å². The molecule has 7 nitrogen and oxygen atoms in total. The Morgan fingerprint density at radius 3 is 2.47 bits per heavy atom. The van der Waals surface area contributed by atoms with Crippen molar-refractivity contribution in [3.8, 4) is 0 Å². The Labute approximate surface area is 212 Å². The molecule has 0 saturated carbocycles. The number of hydrogen-bond donors (Lipinski definition) is 1. The number of piperidine rings is 1. The molecule has 1 amide bonds. The van der Waals surface area contributed by atoms with Gasteiger partial charge in [0.25, 0.3) is 5.56 Å². The monoisotopic (exact) mass is 488 g/mol. The molecule has 2 fully saturated rings. The zero-order valence-corrected chi connectivity index (χ0v) is 21.3. The summed E-state index contributed by atoms with van der Waals surface area (Å²) in [4.78, 5) is 28.4. The number of carbonyl (C=O) groups is 1. The van der Waals surface area contributed by atoms with Gasteiger partial charge in [0.1, 0.15) is 6.54 Å². The van der Waals surface area contributed by atoms with Gasteiger partial charge in [0.2, 0.25) is 5.91 Å². The number of benzene rings is 2. The van der Waals surface area contributed by atoms with E-state index in [2.05, 4.69) is 29.2 Å². The van der Waals surface area contributed by atoms with Gasteiger partial charge in [0.05, 0.1) is 22.8 Å². The molecule has 3 heterocycles. The van der Waals surface area contributed by atoms with Crippen molar-refractivity contribution >= 4 is 16.7 Å². The summed E-state index contributed by atoms with van der Waals surface area (Å²) in [5, 5.41) is 9.02. The highest BCUT2D eigenvalue weighted by molar-refractivity contribution is 5.84. The largest absolute Gasteiger partial charge is 0.370 e. The number of nitrogens with zero attached hydrogens (tertiary/aromatic N) is 3. The highest BCUT2D eigenvalue weighted by atomic mass is 16.5. The van der Waals surface area contributed by atoms with Gasteiger partial charge < -0.3 is 15.0 Å². The predicted molar refractivity (Wildman–Crippen MR) is 141 cm³/mol. The molecule has 0 radical (unpaired) electrons. The SMILES string of the molecule is CC(C)N1CCC2(CCC(CNC(=O)Cn3nc(Cc4ccccc4)c4ccccc4c3=O)O2)CC1. The molecule has 1 spiro atoms. The van der Waals surface area contributed by atoms with Gasteiger partial charge in [0.15, 0.2) is 0 Å². The molecule has 2 aliphatic heterocycles. The summed E-state index contributed by atoms with van der Waals surface area (Å²) < 4.78 is 7.76. The average molecular weight is 489 g/mol. The Hall–Kier alpha value is -3.03. The maximum atomic E-state index is 13.1. The van der Waals surface area contributed by atoms with Gasteiger partial charge in [-0.1, -0.05) is 48.5 Å². The summed E-state index contributed by atoms with van der Waals surface area (Å²) in [6, 6.07) is 18.1. The Morgan fingerprint density at radius 1 is 1.06 bits per heavy atom.